The van der Waals surface area contributed by atoms with E-state index in [9.17, 15) is 9.59 Å². The summed E-state index contributed by atoms with van der Waals surface area (Å²) in [5.41, 5.74) is 4.31. The van der Waals surface area contributed by atoms with Crippen molar-refractivity contribution in [2.24, 2.45) is 0 Å². The lowest BCUT2D eigenvalue weighted by Crippen LogP contribution is -2.29. The number of ether oxygens (including phenoxy) is 2. The van der Waals surface area contributed by atoms with Gasteiger partial charge in [0.1, 0.15) is 0 Å². The molecule has 0 radical (unpaired) electrons. The number of carbonyl (C=O) groups is 1. The second kappa shape index (κ2) is 9.50. The summed E-state index contributed by atoms with van der Waals surface area (Å²) in [6.07, 6.45) is 0. The second-order valence-electron chi connectivity index (χ2n) is 6.35. The Morgan fingerprint density at radius 1 is 1.07 bits per heavy atom. The van der Waals surface area contributed by atoms with Crippen molar-refractivity contribution in [1.29, 1.82) is 0 Å². The van der Waals surface area contributed by atoms with Gasteiger partial charge in [0.05, 0.1) is 20.0 Å². The van der Waals surface area contributed by atoms with Crippen LogP contribution in [0.3, 0.4) is 0 Å². The van der Waals surface area contributed by atoms with Gasteiger partial charge in [-0.05, 0) is 55.7 Å². The molecule has 1 aromatic heterocycles. The molecule has 1 amide bonds. The lowest BCUT2D eigenvalue weighted by molar-refractivity contribution is -0.118. The SMILES string of the molecule is COc1cc(C)c(CSCC(=O)NCc2c(C)cc(C)[nH]c2=O)cc1OC. The fraction of sp³-hybridized carbons (Fsp3) is 0.400. The molecule has 0 aliphatic heterocycles. The molecule has 0 saturated carbocycles. The van der Waals surface area contributed by atoms with Gasteiger partial charge >= 0.3 is 0 Å². The summed E-state index contributed by atoms with van der Waals surface area (Å²) in [4.78, 5) is 26.9. The van der Waals surface area contributed by atoms with E-state index in [1.807, 2.05) is 39.0 Å². The van der Waals surface area contributed by atoms with Crippen LogP contribution in [-0.2, 0) is 17.1 Å². The maximum Gasteiger partial charge on any atom is 0.253 e. The second-order valence-corrected chi connectivity index (χ2v) is 7.33. The molecule has 7 heteroatoms. The van der Waals surface area contributed by atoms with Crippen LogP contribution in [0.1, 0.15) is 27.9 Å². The maximum atomic E-state index is 12.1. The molecule has 6 nitrogen and oxygen atoms in total. The van der Waals surface area contributed by atoms with Gasteiger partial charge in [0.15, 0.2) is 11.5 Å². The monoisotopic (exact) mass is 390 g/mol. The summed E-state index contributed by atoms with van der Waals surface area (Å²) in [6, 6.07) is 5.77. The molecule has 1 aromatic carbocycles. The number of hydrogen-bond acceptors (Lipinski definition) is 5. The van der Waals surface area contributed by atoms with Gasteiger partial charge in [-0.3, -0.25) is 9.59 Å². The molecular weight excluding hydrogens is 364 g/mol. The van der Waals surface area contributed by atoms with Gasteiger partial charge in [-0.25, -0.2) is 0 Å². The lowest BCUT2D eigenvalue weighted by atomic mass is 10.1. The molecule has 146 valence electrons. The summed E-state index contributed by atoms with van der Waals surface area (Å²) in [5, 5.41) is 2.82. The van der Waals surface area contributed by atoms with Crippen molar-refractivity contribution in [3.05, 3.63) is 56.5 Å². The number of nitrogens with one attached hydrogen (secondary N) is 2. The molecule has 1 heterocycles. The zero-order chi connectivity index (χ0) is 20.0. The van der Waals surface area contributed by atoms with E-state index in [1.54, 1.807) is 14.2 Å². The molecule has 0 bridgehead atoms. The third kappa shape index (κ3) is 5.53. The summed E-state index contributed by atoms with van der Waals surface area (Å²) in [5.74, 6) is 2.27. The molecule has 0 saturated heterocycles. The quantitative estimate of drug-likeness (QED) is 0.724. The summed E-state index contributed by atoms with van der Waals surface area (Å²) >= 11 is 1.51. The van der Waals surface area contributed by atoms with Crippen molar-refractivity contribution >= 4 is 17.7 Å². The number of thioether (sulfide) groups is 1. The number of H-pyrrole nitrogens is 1. The van der Waals surface area contributed by atoms with Crippen molar-refractivity contribution in [3.63, 3.8) is 0 Å². The first-order valence-corrected chi connectivity index (χ1v) is 9.76. The Hall–Kier alpha value is -2.41. The van der Waals surface area contributed by atoms with E-state index >= 15 is 0 Å². The molecule has 0 atom stereocenters. The Kier molecular flexibility index (Phi) is 7.36. The number of hydrogen-bond donors (Lipinski definition) is 2. The minimum atomic E-state index is -0.151. The molecule has 0 aliphatic carbocycles. The van der Waals surface area contributed by atoms with E-state index in [0.717, 1.165) is 22.4 Å². The molecule has 0 unspecified atom stereocenters. The molecule has 2 aromatic rings. The van der Waals surface area contributed by atoms with E-state index in [-0.39, 0.29) is 18.0 Å². The van der Waals surface area contributed by atoms with Gasteiger partial charge in [-0.1, -0.05) is 0 Å². The van der Waals surface area contributed by atoms with Crippen molar-refractivity contribution in [1.82, 2.24) is 10.3 Å². The Balaban J connectivity index is 1.89. The fourth-order valence-corrected chi connectivity index (χ4v) is 3.69. The van der Waals surface area contributed by atoms with E-state index in [4.69, 9.17) is 9.47 Å². The molecule has 27 heavy (non-hydrogen) atoms. The average molecular weight is 391 g/mol. The molecule has 2 N–H and O–H groups in total. The van der Waals surface area contributed by atoms with Gasteiger partial charge in [-0.2, -0.15) is 0 Å². The highest BCUT2D eigenvalue weighted by atomic mass is 32.2. The van der Waals surface area contributed by atoms with Crippen molar-refractivity contribution in [3.8, 4) is 11.5 Å². The van der Waals surface area contributed by atoms with E-state index in [2.05, 4.69) is 10.3 Å². The Bertz CT molecular complexity index is 877. The van der Waals surface area contributed by atoms with Gasteiger partial charge in [-0.15, -0.1) is 11.8 Å². The highest BCUT2D eigenvalue weighted by molar-refractivity contribution is 7.99. The van der Waals surface area contributed by atoms with Crippen LogP contribution in [0.2, 0.25) is 0 Å². The van der Waals surface area contributed by atoms with Gasteiger partial charge in [0, 0.05) is 23.6 Å². The molecule has 2 rings (SSSR count). The van der Waals surface area contributed by atoms with E-state index in [0.29, 0.717) is 28.6 Å². The number of methoxy groups -OCH3 is 2. The first kappa shape index (κ1) is 20.9. The molecule has 0 fully saturated rings. The number of pyridine rings is 1. The lowest BCUT2D eigenvalue weighted by Gasteiger charge is -2.12. The zero-order valence-electron chi connectivity index (χ0n) is 16.4. The van der Waals surface area contributed by atoms with E-state index in [1.165, 1.54) is 11.8 Å². The largest absolute Gasteiger partial charge is 0.493 e. The average Bonchev–Trinajstić information content (AvgIpc) is 2.61. The standard InChI is InChI=1S/C20H26N2O4S/c1-12-7-17(25-4)18(26-5)8-15(12)10-27-11-19(23)21-9-16-13(2)6-14(3)22-20(16)24/h6-8H,9-11H2,1-5H3,(H,21,23)(H,22,24). The van der Waals surface area contributed by atoms with Gasteiger partial charge in [0.2, 0.25) is 5.91 Å². The van der Waals surface area contributed by atoms with Crippen LogP contribution in [0.25, 0.3) is 0 Å². The number of aryl methyl sites for hydroxylation is 3. The van der Waals surface area contributed by atoms with Crippen LogP contribution in [0, 0.1) is 20.8 Å². The minimum absolute atomic E-state index is 0.0995. The summed E-state index contributed by atoms with van der Waals surface area (Å²) in [7, 11) is 3.21. The number of rotatable bonds is 8. The first-order valence-electron chi connectivity index (χ1n) is 8.61. The normalized spacial score (nSPS) is 10.6. The van der Waals surface area contributed by atoms with Crippen molar-refractivity contribution in [2.75, 3.05) is 20.0 Å². The predicted molar refractivity (Wildman–Crippen MR) is 109 cm³/mol. The number of aromatic amines is 1. The van der Waals surface area contributed by atoms with Crippen LogP contribution < -0.4 is 20.3 Å². The number of aromatic nitrogens is 1. The van der Waals surface area contributed by atoms with Crippen LogP contribution in [-0.4, -0.2) is 30.9 Å². The minimum Gasteiger partial charge on any atom is -0.493 e. The van der Waals surface area contributed by atoms with Crippen LogP contribution in [0.5, 0.6) is 11.5 Å². The summed E-state index contributed by atoms with van der Waals surface area (Å²) < 4.78 is 10.6. The Morgan fingerprint density at radius 2 is 1.74 bits per heavy atom. The Labute approximate surface area is 163 Å². The fourth-order valence-electron chi connectivity index (χ4n) is 2.77. The highest BCUT2D eigenvalue weighted by Crippen LogP contribution is 2.31. The van der Waals surface area contributed by atoms with Gasteiger partial charge in [0.25, 0.3) is 5.56 Å². The molecule has 0 spiro atoms. The van der Waals surface area contributed by atoms with Crippen molar-refractivity contribution in [2.45, 2.75) is 33.1 Å². The maximum absolute atomic E-state index is 12.1. The zero-order valence-corrected chi connectivity index (χ0v) is 17.2. The number of carbonyl (C=O) groups excluding carboxylic acids is 1. The van der Waals surface area contributed by atoms with Gasteiger partial charge < -0.3 is 19.8 Å². The highest BCUT2D eigenvalue weighted by Gasteiger charge is 2.11. The predicted octanol–water partition coefficient (Wildman–Crippen LogP) is 2.87. The first-order chi connectivity index (χ1) is 12.8. The molecular formula is C20H26N2O4S. The van der Waals surface area contributed by atoms with Crippen LogP contribution >= 0.6 is 11.8 Å². The third-order valence-electron chi connectivity index (χ3n) is 4.29. The molecule has 0 aliphatic rings. The number of benzene rings is 1. The van der Waals surface area contributed by atoms with Crippen molar-refractivity contribution < 1.29 is 14.3 Å². The van der Waals surface area contributed by atoms with Crippen LogP contribution in [0.4, 0.5) is 0 Å². The third-order valence-corrected chi connectivity index (χ3v) is 5.27. The number of amides is 1. The smallest absolute Gasteiger partial charge is 0.253 e. The van der Waals surface area contributed by atoms with E-state index < -0.39 is 0 Å². The van der Waals surface area contributed by atoms with Crippen LogP contribution in [0.15, 0.2) is 23.0 Å². The topological polar surface area (TPSA) is 80.4 Å². The Morgan fingerprint density at radius 3 is 2.37 bits per heavy atom. The summed E-state index contributed by atoms with van der Waals surface area (Å²) in [6.45, 7) is 5.95.